The molecule has 25 heavy (non-hydrogen) atoms. The molecule has 0 aliphatic heterocycles. The number of halogens is 1. The lowest BCUT2D eigenvalue weighted by Gasteiger charge is -2.10. The van der Waals surface area contributed by atoms with Crippen molar-refractivity contribution >= 4 is 38.9 Å². The number of rotatable bonds is 4. The van der Waals surface area contributed by atoms with Gasteiger partial charge in [-0.05, 0) is 49.7 Å². The minimum Gasteiger partial charge on any atom is -0.354 e. The molecule has 0 bridgehead atoms. The third-order valence-electron chi connectivity index (χ3n) is 3.77. The second-order valence-corrected chi connectivity index (χ2v) is 6.73. The highest BCUT2D eigenvalue weighted by Gasteiger charge is 2.08. The van der Waals surface area contributed by atoms with Gasteiger partial charge in [-0.2, -0.15) is 0 Å². The molecule has 126 valence electrons. The van der Waals surface area contributed by atoms with Crippen molar-refractivity contribution in [2.24, 2.45) is 0 Å². The fraction of sp³-hybridized carbons (Fsp3) is 0.100. The SMILES string of the molecule is Cc1ccc(NC(=O)c2cncc(Nc3ccc(C)c(Br)c3)c2)cc1. The number of hydrogen-bond acceptors (Lipinski definition) is 3. The van der Waals surface area contributed by atoms with Crippen molar-refractivity contribution in [2.75, 3.05) is 10.6 Å². The number of nitrogens with zero attached hydrogens (tertiary/aromatic N) is 1. The number of pyridine rings is 1. The van der Waals surface area contributed by atoms with Gasteiger partial charge in [-0.3, -0.25) is 9.78 Å². The number of carbonyl (C=O) groups excluding carboxylic acids is 1. The van der Waals surface area contributed by atoms with Crippen molar-refractivity contribution in [1.82, 2.24) is 4.98 Å². The smallest absolute Gasteiger partial charge is 0.257 e. The molecule has 2 aromatic carbocycles. The highest BCUT2D eigenvalue weighted by atomic mass is 79.9. The minimum atomic E-state index is -0.190. The van der Waals surface area contributed by atoms with E-state index in [1.165, 1.54) is 0 Å². The lowest BCUT2D eigenvalue weighted by Crippen LogP contribution is -2.12. The largest absolute Gasteiger partial charge is 0.354 e. The number of benzene rings is 2. The molecule has 0 saturated carbocycles. The van der Waals surface area contributed by atoms with Gasteiger partial charge in [0.1, 0.15) is 0 Å². The van der Waals surface area contributed by atoms with Crippen LogP contribution in [-0.2, 0) is 0 Å². The number of hydrogen-bond donors (Lipinski definition) is 2. The molecule has 0 fully saturated rings. The van der Waals surface area contributed by atoms with Crippen molar-refractivity contribution in [2.45, 2.75) is 13.8 Å². The predicted octanol–water partition coefficient (Wildman–Crippen LogP) is 5.46. The maximum Gasteiger partial charge on any atom is 0.257 e. The summed E-state index contributed by atoms with van der Waals surface area (Å²) < 4.78 is 1.03. The Labute approximate surface area is 155 Å². The van der Waals surface area contributed by atoms with Crippen LogP contribution in [0.15, 0.2) is 65.4 Å². The molecule has 2 N–H and O–H groups in total. The van der Waals surface area contributed by atoms with Crippen molar-refractivity contribution in [1.29, 1.82) is 0 Å². The van der Waals surface area contributed by atoms with E-state index in [4.69, 9.17) is 0 Å². The van der Waals surface area contributed by atoms with E-state index in [9.17, 15) is 4.79 Å². The van der Waals surface area contributed by atoms with Gasteiger partial charge < -0.3 is 10.6 Å². The van der Waals surface area contributed by atoms with Crippen LogP contribution in [-0.4, -0.2) is 10.9 Å². The second-order valence-electron chi connectivity index (χ2n) is 5.87. The number of nitrogens with one attached hydrogen (secondary N) is 2. The van der Waals surface area contributed by atoms with Crippen molar-refractivity contribution in [3.05, 3.63) is 82.1 Å². The van der Waals surface area contributed by atoms with Crippen LogP contribution in [0.4, 0.5) is 17.1 Å². The fourth-order valence-electron chi connectivity index (χ4n) is 2.31. The molecule has 1 heterocycles. The molecule has 0 spiro atoms. The third kappa shape index (κ3) is 4.45. The monoisotopic (exact) mass is 395 g/mol. The van der Waals surface area contributed by atoms with Gasteiger partial charge in [-0.25, -0.2) is 0 Å². The van der Waals surface area contributed by atoms with Gasteiger partial charge in [0.25, 0.3) is 5.91 Å². The van der Waals surface area contributed by atoms with E-state index in [1.54, 1.807) is 18.5 Å². The Morgan fingerprint density at radius 2 is 1.64 bits per heavy atom. The number of carbonyl (C=O) groups is 1. The van der Waals surface area contributed by atoms with E-state index >= 15 is 0 Å². The van der Waals surface area contributed by atoms with Crippen molar-refractivity contribution in [3.8, 4) is 0 Å². The van der Waals surface area contributed by atoms with Crippen LogP contribution in [0.25, 0.3) is 0 Å². The van der Waals surface area contributed by atoms with Gasteiger partial charge in [-0.15, -0.1) is 0 Å². The molecule has 0 radical (unpaired) electrons. The first-order chi connectivity index (χ1) is 12.0. The van der Waals surface area contributed by atoms with E-state index in [-0.39, 0.29) is 5.91 Å². The van der Waals surface area contributed by atoms with Gasteiger partial charge in [0.2, 0.25) is 0 Å². The van der Waals surface area contributed by atoms with Crippen LogP contribution in [0.5, 0.6) is 0 Å². The number of aryl methyl sites for hydroxylation is 2. The topological polar surface area (TPSA) is 54.0 Å². The van der Waals surface area contributed by atoms with Crippen LogP contribution in [0.1, 0.15) is 21.5 Å². The molecule has 1 amide bonds. The third-order valence-corrected chi connectivity index (χ3v) is 4.62. The lowest BCUT2D eigenvalue weighted by atomic mass is 10.2. The van der Waals surface area contributed by atoms with Crippen molar-refractivity contribution in [3.63, 3.8) is 0 Å². The van der Waals surface area contributed by atoms with Crippen molar-refractivity contribution < 1.29 is 4.79 Å². The first-order valence-corrected chi connectivity index (χ1v) is 8.67. The van der Waals surface area contributed by atoms with Gasteiger partial charge in [0.15, 0.2) is 0 Å². The van der Waals surface area contributed by atoms with E-state index in [0.717, 1.165) is 32.7 Å². The number of amides is 1. The molecule has 5 heteroatoms. The summed E-state index contributed by atoms with van der Waals surface area (Å²) in [7, 11) is 0. The molecule has 4 nitrogen and oxygen atoms in total. The van der Waals surface area contributed by atoms with Gasteiger partial charge in [0.05, 0.1) is 17.4 Å². The first-order valence-electron chi connectivity index (χ1n) is 7.87. The summed E-state index contributed by atoms with van der Waals surface area (Å²) in [6, 6.07) is 15.5. The lowest BCUT2D eigenvalue weighted by molar-refractivity contribution is 0.102. The fourth-order valence-corrected chi connectivity index (χ4v) is 2.69. The normalized spacial score (nSPS) is 10.4. The summed E-state index contributed by atoms with van der Waals surface area (Å²) in [5.41, 5.74) is 5.25. The van der Waals surface area contributed by atoms with Gasteiger partial charge in [-0.1, -0.05) is 39.7 Å². The number of anilines is 3. The zero-order valence-electron chi connectivity index (χ0n) is 14.0. The average molecular weight is 396 g/mol. The molecule has 0 aliphatic rings. The van der Waals surface area contributed by atoms with Crippen LogP contribution in [0.2, 0.25) is 0 Å². The molecule has 3 aromatic rings. The summed E-state index contributed by atoms with van der Waals surface area (Å²) in [6.45, 7) is 4.04. The Bertz CT molecular complexity index is 907. The van der Waals surface area contributed by atoms with Gasteiger partial charge >= 0.3 is 0 Å². The molecule has 1 aromatic heterocycles. The summed E-state index contributed by atoms with van der Waals surface area (Å²) >= 11 is 3.52. The maximum absolute atomic E-state index is 12.4. The Morgan fingerprint density at radius 1 is 0.920 bits per heavy atom. The number of aromatic nitrogens is 1. The molecular weight excluding hydrogens is 378 g/mol. The van der Waals surface area contributed by atoms with Crippen LogP contribution >= 0.6 is 15.9 Å². The molecule has 0 unspecified atom stereocenters. The molecular formula is C20H18BrN3O. The highest BCUT2D eigenvalue weighted by Crippen LogP contribution is 2.24. The van der Waals surface area contributed by atoms with E-state index in [2.05, 4.69) is 31.5 Å². The van der Waals surface area contributed by atoms with Crippen LogP contribution < -0.4 is 10.6 Å². The van der Waals surface area contributed by atoms with E-state index in [0.29, 0.717) is 5.56 Å². The van der Waals surface area contributed by atoms with E-state index in [1.807, 2.05) is 56.3 Å². The summed E-state index contributed by atoms with van der Waals surface area (Å²) in [4.78, 5) is 16.6. The van der Waals surface area contributed by atoms with Crippen LogP contribution in [0, 0.1) is 13.8 Å². The van der Waals surface area contributed by atoms with Gasteiger partial charge in [0, 0.05) is 22.0 Å². The maximum atomic E-state index is 12.4. The molecule has 0 aliphatic carbocycles. The Morgan fingerprint density at radius 3 is 2.36 bits per heavy atom. The Balaban J connectivity index is 1.75. The standard InChI is InChI=1S/C20H18BrN3O/c1-13-3-6-16(7-4-13)24-20(25)15-9-18(12-22-11-15)23-17-8-5-14(2)19(21)10-17/h3-12,23H,1-2H3,(H,24,25). The zero-order chi connectivity index (χ0) is 17.8. The highest BCUT2D eigenvalue weighted by molar-refractivity contribution is 9.10. The Kier molecular flexibility index (Phi) is 5.14. The first kappa shape index (κ1) is 17.2. The zero-order valence-corrected chi connectivity index (χ0v) is 15.6. The molecule has 0 atom stereocenters. The summed E-state index contributed by atoms with van der Waals surface area (Å²) in [6.07, 6.45) is 3.25. The summed E-state index contributed by atoms with van der Waals surface area (Å²) in [5.74, 6) is -0.190. The van der Waals surface area contributed by atoms with E-state index < -0.39 is 0 Å². The second kappa shape index (κ2) is 7.49. The average Bonchev–Trinajstić information content (AvgIpc) is 2.60. The quantitative estimate of drug-likeness (QED) is 0.616. The summed E-state index contributed by atoms with van der Waals surface area (Å²) in [5, 5.41) is 6.14. The molecule has 0 saturated heterocycles. The minimum absolute atomic E-state index is 0.190. The van der Waals surface area contributed by atoms with Crippen LogP contribution in [0.3, 0.4) is 0 Å². The molecule has 3 rings (SSSR count). The Hall–Kier alpha value is -2.66. The predicted molar refractivity (Wildman–Crippen MR) is 106 cm³/mol.